The van der Waals surface area contributed by atoms with Gasteiger partial charge in [-0.15, -0.1) is 11.3 Å². The van der Waals surface area contributed by atoms with Gasteiger partial charge in [0.05, 0.1) is 4.88 Å². The van der Waals surface area contributed by atoms with Crippen molar-refractivity contribution in [3.8, 4) is 0 Å². The lowest BCUT2D eigenvalue weighted by Crippen LogP contribution is -2.43. The molecule has 1 fully saturated rings. The Morgan fingerprint density at radius 1 is 1.24 bits per heavy atom. The molecule has 0 aromatic carbocycles. The fourth-order valence-electron chi connectivity index (χ4n) is 2.76. The van der Waals surface area contributed by atoms with Crippen LogP contribution in [-0.4, -0.2) is 29.6 Å². The highest BCUT2D eigenvalue weighted by molar-refractivity contribution is 7.14. The van der Waals surface area contributed by atoms with E-state index in [0.717, 1.165) is 4.88 Å². The van der Waals surface area contributed by atoms with Crippen LogP contribution >= 0.6 is 11.3 Å². The van der Waals surface area contributed by atoms with Gasteiger partial charge in [-0.05, 0) is 43.2 Å². The van der Waals surface area contributed by atoms with Gasteiger partial charge in [0.1, 0.15) is 5.67 Å². The summed E-state index contributed by atoms with van der Waals surface area (Å²) in [6, 6.07) is 2.05. The molecule has 1 aromatic rings. The number of carbonyl (C=O) groups is 1. The third-order valence-electron chi connectivity index (χ3n) is 4.24. The number of nitrogens with zero attached hydrogens (tertiary/aromatic N) is 1. The first-order valence-electron chi connectivity index (χ1n) is 7.83. The van der Waals surface area contributed by atoms with Gasteiger partial charge in [-0.25, -0.2) is 4.39 Å². The number of thiophene rings is 1. The van der Waals surface area contributed by atoms with Crippen LogP contribution in [0.25, 0.3) is 0 Å². The molecule has 1 saturated heterocycles. The standard InChI is InChI=1S/C17H26FNOS/c1-11(2)13-10-14(21-15(13)12(3)4)16(20)19-8-6-17(5,18)7-9-19/h10-12H,6-9H2,1-5H3. The van der Waals surface area contributed by atoms with Crippen LogP contribution in [0.5, 0.6) is 0 Å². The molecule has 2 heterocycles. The molecular weight excluding hydrogens is 285 g/mol. The van der Waals surface area contributed by atoms with Gasteiger partial charge in [-0.3, -0.25) is 4.79 Å². The lowest BCUT2D eigenvalue weighted by atomic mass is 9.95. The van der Waals surface area contributed by atoms with E-state index in [4.69, 9.17) is 0 Å². The molecule has 0 saturated carbocycles. The van der Waals surface area contributed by atoms with Crippen molar-refractivity contribution in [3.63, 3.8) is 0 Å². The number of alkyl halides is 1. The van der Waals surface area contributed by atoms with E-state index in [9.17, 15) is 9.18 Å². The van der Waals surface area contributed by atoms with Crippen molar-refractivity contribution in [1.29, 1.82) is 0 Å². The summed E-state index contributed by atoms with van der Waals surface area (Å²) in [6.45, 7) is 11.3. The normalized spacial score (nSPS) is 18.6. The Bertz CT molecular complexity index is 483. The predicted molar refractivity (Wildman–Crippen MR) is 87.1 cm³/mol. The second-order valence-electron chi connectivity index (χ2n) is 6.95. The van der Waals surface area contributed by atoms with E-state index in [-0.39, 0.29) is 5.91 Å². The van der Waals surface area contributed by atoms with Crippen LogP contribution in [-0.2, 0) is 0 Å². The minimum Gasteiger partial charge on any atom is -0.338 e. The summed E-state index contributed by atoms with van der Waals surface area (Å²) in [5.41, 5.74) is 0.170. The number of hydrogen-bond donors (Lipinski definition) is 0. The average Bonchev–Trinajstić information content (AvgIpc) is 2.83. The van der Waals surface area contributed by atoms with Gasteiger partial charge in [-0.2, -0.15) is 0 Å². The number of hydrogen-bond acceptors (Lipinski definition) is 2. The van der Waals surface area contributed by atoms with Crippen molar-refractivity contribution in [2.45, 2.75) is 65.0 Å². The molecule has 2 nitrogen and oxygen atoms in total. The molecular formula is C17H26FNOS. The highest BCUT2D eigenvalue weighted by Crippen LogP contribution is 2.35. The van der Waals surface area contributed by atoms with Crippen molar-refractivity contribution < 1.29 is 9.18 Å². The summed E-state index contributed by atoms with van der Waals surface area (Å²) in [5.74, 6) is 0.935. The molecule has 0 aliphatic carbocycles. The van der Waals surface area contributed by atoms with Crippen molar-refractivity contribution in [2.75, 3.05) is 13.1 Å². The Labute approximate surface area is 131 Å². The van der Waals surface area contributed by atoms with Gasteiger partial charge < -0.3 is 4.90 Å². The third-order valence-corrected chi connectivity index (χ3v) is 5.68. The summed E-state index contributed by atoms with van der Waals surface area (Å²) in [4.78, 5) is 16.6. The maximum absolute atomic E-state index is 13.9. The van der Waals surface area contributed by atoms with E-state index >= 15 is 0 Å². The fraction of sp³-hybridized carbons (Fsp3) is 0.706. The van der Waals surface area contributed by atoms with Gasteiger partial charge in [0.2, 0.25) is 0 Å². The summed E-state index contributed by atoms with van der Waals surface area (Å²) < 4.78 is 13.9. The number of piperidine rings is 1. The van der Waals surface area contributed by atoms with Crippen LogP contribution in [0.1, 0.15) is 79.4 Å². The van der Waals surface area contributed by atoms with Gasteiger partial charge in [0.25, 0.3) is 5.91 Å². The van der Waals surface area contributed by atoms with Crippen LogP contribution in [0, 0.1) is 0 Å². The Kier molecular flexibility index (Phi) is 4.76. The summed E-state index contributed by atoms with van der Waals surface area (Å²) >= 11 is 1.61. The zero-order chi connectivity index (χ0) is 15.8. The summed E-state index contributed by atoms with van der Waals surface area (Å²) in [7, 11) is 0. The molecule has 1 aliphatic rings. The fourth-order valence-corrected chi connectivity index (χ4v) is 4.05. The zero-order valence-electron chi connectivity index (χ0n) is 13.7. The second-order valence-corrected chi connectivity index (χ2v) is 8.03. The van der Waals surface area contributed by atoms with E-state index < -0.39 is 5.67 Å². The molecule has 1 aromatic heterocycles. The van der Waals surface area contributed by atoms with E-state index in [1.807, 2.05) is 0 Å². The van der Waals surface area contributed by atoms with E-state index in [2.05, 4.69) is 33.8 Å². The smallest absolute Gasteiger partial charge is 0.263 e. The van der Waals surface area contributed by atoms with Gasteiger partial charge in [0, 0.05) is 18.0 Å². The Balaban J connectivity index is 2.18. The molecule has 4 heteroatoms. The summed E-state index contributed by atoms with van der Waals surface area (Å²) in [5, 5.41) is 0. The molecule has 0 atom stereocenters. The molecule has 0 N–H and O–H groups in total. The van der Waals surface area contributed by atoms with Crippen molar-refractivity contribution >= 4 is 17.2 Å². The predicted octanol–water partition coefficient (Wildman–Crippen LogP) is 4.96. The van der Waals surface area contributed by atoms with Crippen LogP contribution in [0.3, 0.4) is 0 Å². The molecule has 0 radical (unpaired) electrons. The van der Waals surface area contributed by atoms with Crippen LogP contribution < -0.4 is 0 Å². The summed E-state index contributed by atoms with van der Waals surface area (Å²) in [6.07, 6.45) is 0.885. The lowest BCUT2D eigenvalue weighted by molar-refractivity contribution is 0.0508. The lowest BCUT2D eigenvalue weighted by Gasteiger charge is -2.33. The van der Waals surface area contributed by atoms with Crippen molar-refractivity contribution in [1.82, 2.24) is 4.90 Å². The number of amides is 1. The molecule has 2 rings (SSSR count). The first-order chi connectivity index (χ1) is 9.71. The minimum atomic E-state index is -1.11. The first-order valence-corrected chi connectivity index (χ1v) is 8.65. The monoisotopic (exact) mass is 311 g/mol. The Hall–Kier alpha value is -0.900. The minimum absolute atomic E-state index is 0.0734. The molecule has 1 aliphatic heterocycles. The quantitative estimate of drug-likeness (QED) is 0.772. The Morgan fingerprint density at radius 3 is 2.24 bits per heavy atom. The number of likely N-dealkylation sites (tertiary alicyclic amines) is 1. The highest BCUT2D eigenvalue weighted by Gasteiger charge is 2.32. The van der Waals surface area contributed by atoms with Gasteiger partial charge in [-0.1, -0.05) is 27.7 Å². The zero-order valence-corrected chi connectivity index (χ0v) is 14.5. The number of carbonyl (C=O) groups excluding carboxylic acids is 1. The van der Waals surface area contributed by atoms with Crippen LogP contribution in [0.15, 0.2) is 6.07 Å². The van der Waals surface area contributed by atoms with E-state index in [1.54, 1.807) is 23.2 Å². The van der Waals surface area contributed by atoms with E-state index in [0.29, 0.717) is 37.8 Å². The van der Waals surface area contributed by atoms with Gasteiger partial charge >= 0.3 is 0 Å². The molecule has 21 heavy (non-hydrogen) atoms. The van der Waals surface area contributed by atoms with Crippen LogP contribution in [0.2, 0.25) is 0 Å². The maximum Gasteiger partial charge on any atom is 0.263 e. The molecule has 1 amide bonds. The molecule has 0 spiro atoms. The third kappa shape index (κ3) is 3.65. The number of rotatable bonds is 3. The number of halogens is 1. The molecule has 0 bridgehead atoms. The Morgan fingerprint density at radius 2 is 1.81 bits per heavy atom. The van der Waals surface area contributed by atoms with Crippen molar-refractivity contribution in [3.05, 3.63) is 21.4 Å². The largest absolute Gasteiger partial charge is 0.338 e. The first kappa shape index (κ1) is 16.5. The SMILES string of the molecule is CC(C)c1cc(C(=O)N2CCC(C)(F)CC2)sc1C(C)C. The topological polar surface area (TPSA) is 20.3 Å². The molecule has 0 unspecified atom stereocenters. The molecule has 118 valence electrons. The van der Waals surface area contributed by atoms with Crippen LogP contribution in [0.4, 0.5) is 4.39 Å². The average molecular weight is 311 g/mol. The van der Waals surface area contributed by atoms with Gasteiger partial charge in [0.15, 0.2) is 0 Å². The van der Waals surface area contributed by atoms with Crippen molar-refractivity contribution in [2.24, 2.45) is 0 Å². The second kappa shape index (κ2) is 6.07. The van der Waals surface area contributed by atoms with E-state index in [1.165, 1.54) is 10.4 Å². The highest BCUT2D eigenvalue weighted by atomic mass is 32.1. The maximum atomic E-state index is 13.9.